The summed E-state index contributed by atoms with van der Waals surface area (Å²) in [4.78, 5) is 22.4. The summed E-state index contributed by atoms with van der Waals surface area (Å²) in [6.45, 7) is 6.46. The van der Waals surface area contributed by atoms with Gasteiger partial charge in [-0.2, -0.15) is 0 Å². The van der Waals surface area contributed by atoms with Gasteiger partial charge < -0.3 is 20.5 Å². The Kier molecular flexibility index (Phi) is 7.54. The first-order valence-corrected chi connectivity index (χ1v) is 5.99. The Labute approximate surface area is 108 Å². The smallest absolute Gasteiger partial charge is 0.329 e. The minimum absolute atomic E-state index is 0.0638. The molecule has 0 spiro atoms. The van der Waals surface area contributed by atoms with Gasteiger partial charge in [-0.3, -0.25) is 4.79 Å². The average Bonchev–Trinajstić information content (AvgIpc) is 2.25. The molecule has 0 bridgehead atoms. The van der Waals surface area contributed by atoms with Crippen molar-refractivity contribution in [3.05, 3.63) is 0 Å². The third kappa shape index (κ3) is 7.24. The fourth-order valence-electron chi connectivity index (χ4n) is 1.53. The van der Waals surface area contributed by atoms with Crippen LogP contribution in [0.3, 0.4) is 0 Å². The molecule has 0 heterocycles. The molecule has 0 aromatic heterocycles. The highest BCUT2D eigenvalue weighted by molar-refractivity contribution is 5.83. The van der Waals surface area contributed by atoms with Crippen LogP contribution in [0.15, 0.2) is 0 Å². The van der Waals surface area contributed by atoms with E-state index in [0.29, 0.717) is 19.5 Å². The number of ether oxygens (including phenoxy) is 1. The van der Waals surface area contributed by atoms with Gasteiger partial charge in [-0.1, -0.05) is 13.8 Å². The van der Waals surface area contributed by atoms with Gasteiger partial charge in [-0.25, -0.2) is 4.79 Å². The number of carbonyl (C=O) groups excluding carboxylic acids is 2. The van der Waals surface area contributed by atoms with Crippen molar-refractivity contribution in [3.63, 3.8) is 0 Å². The quantitative estimate of drug-likeness (QED) is 0.520. The van der Waals surface area contributed by atoms with Crippen LogP contribution in [0.5, 0.6) is 0 Å². The molecule has 6 heteroatoms. The Morgan fingerprint density at radius 3 is 2.44 bits per heavy atom. The molecule has 1 amide bonds. The lowest BCUT2D eigenvalue weighted by molar-refractivity contribution is -0.144. The van der Waals surface area contributed by atoms with Crippen LogP contribution in [0.4, 0.5) is 0 Å². The zero-order chi connectivity index (χ0) is 14.2. The number of rotatable bonds is 8. The van der Waals surface area contributed by atoms with Crippen molar-refractivity contribution in [1.29, 1.82) is 0 Å². The SMILES string of the molecule is COC(=O)C(CNCC(C)(C)CCO)NC(C)=O. The summed E-state index contributed by atoms with van der Waals surface area (Å²) >= 11 is 0. The molecule has 0 saturated heterocycles. The third-order valence-electron chi connectivity index (χ3n) is 2.60. The van der Waals surface area contributed by atoms with Crippen molar-refractivity contribution < 1.29 is 19.4 Å². The van der Waals surface area contributed by atoms with E-state index in [0.717, 1.165) is 0 Å². The minimum Gasteiger partial charge on any atom is -0.467 e. The molecule has 0 saturated carbocycles. The van der Waals surface area contributed by atoms with E-state index in [-0.39, 0.29) is 17.9 Å². The maximum atomic E-state index is 11.4. The molecular weight excluding hydrogens is 236 g/mol. The molecule has 0 rings (SSSR count). The van der Waals surface area contributed by atoms with Crippen LogP contribution in [0, 0.1) is 5.41 Å². The van der Waals surface area contributed by atoms with Gasteiger partial charge in [0, 0.05) is 26.6 Å². The van der Waals surface area contributed by atoms with E-state index >= 15 is 0 Å². The molecule has 1 unspecified atom stereocenters. The van der Waals surface area contributed by atoms with Crippen LogP contribution in [0.25, 0.3) is 0 Å². The van der Waals surface area contributed by atoms with Crippen LogP contribution in [0.2, 0.25) is 0 Å². The van der Waals surface area contributed by atoms with Crippen LogP contribution >= 0.6 is 0 Å². The molecule has 0 aliphatic carbocycles. The molecule has 106 valence electrons. The van der Waals surface area contributed by atoms with Gasteiger partial charge in [0.25, 0.3) is 0 Å². The summed E-state index contributed by atoms with van der Waals surface area (Å²) in [5, 5.41) is 14.5. The van der Waals surface area contributed by atoms with E-state index in [2.05, 4.69) is 15.4 Å². The number of aliphatic hydroxyl groups is 1. The van der Waals surface area contributed by atoms with Crippen LogP contribution in [-0.2, 0) is 14.3 Å². The highest BCUT2D eigenvalue weighted by atomic mass is 16.5. The summed E-state index contributed by atoms with van der Waals surface area (Å²) < 4.78 is 4.61. The fourth-order valence-corrected chi connectivity index (χ4v) is 1.53. The number of aliphatic hydroxyl groups excluding tert-OH is 1. The zero-order valence-electron chi connectivity index (χ0n) is 11.6. The highest BCUT2D eigenvalue weighted by Gasteiger charge is 2.22. The normalized spacial score (nSPS) is 12.9. The molecule has 0 aliphatic rings. The molecular formula is C12H24N2O4. The summed E-state index contributed by atoms with van der Waals surface area (Å²) in [5.41, 5.74) is -0.0638. The number of methoxy groups -OCH3 is 1. The lowest BCUT2D eigenvalue weighted by Crippen LogP contribution is -2.48. The third-order valence-corrected chi connectivity index (χ3v) is 2.60. The van der Waals surface area contributed by atoms with Crippen molar-refractivity contribution in [2.45, 2.75) is 33.2 Å². The Morgan fingerprint density at radius 2 is 2.00 bits per heavy atom. The van der Waals surface area contributed by atoms with Gasteiger partial charge in [0.05, 0.1) is 7.11 Å². The Bertz CT molecular complexity index is 279. The maximum Gasteiger partial charge on any atom is 0.329 e. The molecule has 0 aromatic carbocycles. The summed E-state index contributed by atoms with van der Waals surface area (Å²) in [7, 11) is 1.28. The highest BCUT2D eigenvalue weighted by Crippen LogP contribution is 2.17. The summed E-state index contributed by atoms with van der Waals surface area (Å²) in [6.07, 6.45) is 0.670. The van der Waals surface area contributed by atoms with Crippen molar-refractivity contribution in [1.82, 2.24) is 10.6 Å². The van der Waals surface area contributed by atoms with Crippen LogP contribution < -0.4 is 10.6 Å². The predicted octanol–water partition coefficient (Wildman–Crippen LogP) is -0.338. The van der Waals surface area contributed by atoms with Gasteiger partial charge in [0.15, 0.2) is 0 Å². The van der Waals surface area contributed by atoms with Gasteiger partial charge in [0.2, 0.25) is 5.91 Å². The number of hydrogen-bond acceptors (Lipinski definition) is 5. The predicted molar refractivity (Wildman–Crippen MR) is 68.0 cm³/mol. The second-order valence-electron chi connectivity index (χ2n) is 5.04. The number of carbonyl (C=O) groups is 2. The molecule has 0 aliphatic heterocycles. The molecule has 0 fully saturated rings. The number of amides is 1. The van der Waals surface area contributed by atoms with E-state index in [1.54, 1.807) is 0 Å². The summed E-state index contributed by atoms with van der Waals surface area (Å²) in [5.74, 6) is -0.750. The van der Waals surface area contributed by atoms with Gasteiger partial charge in [0.1, 0.15) is 6.04 Å². The molecule has 3 N–H and O–H groups in total. The number of esters is 1. The largest absolute Gasteiger partial charge is 0.467 e. The van der Waals surface area contributed by atoms with Gasteiger partial charge in [-0.05, 0) is 11.8 Å². The first-order chi connectivity index (χ1) is 8.32. The van der Waals surface area contributed by atoms with E-state index in [4.69, 9.17) is 5.11 Å². The van der Waals surface area contributed by atoms with Crippen molar-refractivity contribution in [2.75, 3.05) is 26.8 Å². The van der Waals surface area contributed by atoms with Crippen molar-refractivity contribution in [3.8, 4) is 0 Å². The topological polar surface area (TPSA) is 87.7 Å². The molecule has 1 atom stereocenters. The fraction of sp³-hybridized carbons (Fsp3) is 0.833. The summed E-state index contributed by atoms with van der Waals surface area (Å²) in [6, 6.07) is -0.683. The lowest BCUT2D eigenvalue weighted by Gasteiger charge is -2.25. The van der Waals surface area contributed by atoms with E-state index in [1.807, 2.05) is 13.8 Å². The van der Waals surface area contributed by atoms with E-state index in [9.17, 15) is 9.59 Å². The second-order valence-corrected chi connectivity index (χ2v) is 5.04. The monoisotopic (exact) mass is 260 g/mol. The first-order valence-electron chi connectivity index (χ1n) is 5.99. The number of hydrogen-bond donors (Lipinski definition) is 3. The molecule has 0 radical (unpaired) electrons. The van der Waals surface area contributed by atoms with E-state index in [1.165, 1.54) is 14.0 Å². The first kappa shape index (κ1) is 16.9. The second kappa shape index (κ2) is 8.05. The Hall–Kier alpha value is -1.14. The maximum absolute atomic E-state index is 11.4. The zero-order valence-corrected chi connectivity index (χ0v) is 11.6. The Morgan fingerprint density at radius 1 is 1.39 bits per heavy atom. The van der Waals surface area contributed by atoms with Crippen molar-refractivity contribution in [2.24, 2.45) is 5.41 Å². The number of nitrogens with one attached hydrogen (secondary N) is 2. The lowest BCUT2D eigenvalue weighted by atomic mass is 9.90. The van der Waals surface area contributed by atoms with Crippen molar-refractivity contribution >= 4 is 11.9 Å². The van der Waals surface area contributed by atoms with Gasteiger partial charge >= 0.3 is 5.97 Å². The van der Waals surface area contributed by atoms with Gasteiger partial charge in [-0.15, -0.1) is 0 Å². The molecule has 18 heavy (non-hydrogen) atoms. The minimum atomic E-state index is -0.683. The average molecular weight is 260 g/mol. The standard InChI is InChI=1S/C12H24N2O4/c1-9(16)14-10(11(17)18-4)7-13-8-12(2,3)5-6-15/h10,13,15H,5-8H2,1-4H3,(H,14,16). The Balaban J connectivity index is 4.19. The van der Waals surface area contributed by atoms with E-state index < -0.39 is 12.0 Å². The molecule has 6 nitrogen and oxygen atoms in total. The van der Waals surface area contributed by atoms with Crippen LogP contribution in [-0.4, -0.2) is 49.8 Å². The van der Waals surface area contributed by atoms with Crippen LogP contribution in [0.1, 0.15) is 27.2 Å². The molecule has 0 aromatic rings.